The van der Waals surface area contributed by atoms with Gasteiger partial charge in [0.2, 0.25) is 124 Å². The van der Waals surface area contributed by atoms with Gasteiger partial charge in [-0.25, -0.2) is 0 Å². The van der Waals surface area contributed by atoms with Crippen molar-refractivity contribution in [3.05, 3.63) is 0 Å². The van der Waals surface area contributed by atoms with Crippen LogP contribution in [0.4, 0.5) is 0 Å². The molecule has 0 saturated carbocycles. The predicted molar refractivity (Wildman–Crippen MR) is 516 cm³/mol. The third-order valence-corrected chi connectivity index (χ3v) is 27.2. The Kier molecular flexibility index (Phi) is 48.8. The van der Waals surface area contributed by atoms with Crippen molar-refractivity contribution in [2.24, 2.45) is 41.2 Å². The number of nitrogens with two attached hydrogens (primary N) is 1. The lowest BCUT2D eigenvalue weighted by molar-refractivity contribution is -0.142. The van der Waals surface area contributed by atoms with E-state index in [1.54, 1.807) is 83.1 Å². The van der Waals surface area contributed by atoms with Gasteiger partial charge < -0.3 is 137 Å². The fourth-order valence-electron chi connectivity index (χ4n) is 18.2. The summed E-state index contributed by atoms with van der Waals surface area (Å²) in [6, 6.07) is -29.9. The Labute approximate surface area is 834 Å². The Morgan fingerprint density at radius 2 is 0.601 bits per heavy atom. The van der Waals surface area contributed by atoms with Crippen LogP contribution in [0.2, 0.25) is 0 Å². The van der Waals surface area contributed by atoms with Crippen LogP contribution in [0.5, 0.6) is 0 Å². The fourth-order valence-corrected chi connectivity index (χ4v) is 18.2. The number of nitrogens with one attached hydrogen (secondary N) is 18. The lowest BCUT2D eigenvalue weighted by Gasteiger charge is -2.31. The number of hydrogen-bond donors (Lipinski definition) is 23. The van der Waals surface area contributed by atoms with Crippen molar-refractivity contribution in [2.75, 3.05) is 46.0 Å². The molecule has 6 aliphatic heterocycles. The van der Waals surface area contributed by atoms with Gasteiger partial charge in [0.1, 0.15) is 127 Å². The first kappa shape index (κ1) is 120. The monoisotopic (exact) mass is 2020 g/mol. The van der Waals surface area contributed by atoms with Gasteiger partial charge in [-0.3, -0.25) is 105 Å². The van der Waals surface area contributed by atoms with Crippen molar-refractivity contribution in [1.82, 2.24) is 110 Å². The number of hydrogen-bond acceptors (Lipinski definition) is 26. The molecule has 0 aromatic rings. The molecule has 0 unspecified atom stereocenters. The van der Waals surface area contributed by atoms with Crippen LogP contribution in [0, 0.1) is 35.5 Å². The highest BCUT2D eigenvalue weighted by Crippen LogP contribution is 2.27. The van der Waals surface area contributed by atoms with Crippen LogP contribution in [0.15, 0.2) is 0 Å². The number of carbonyl (C=O) groups excluding carboxylic acids is 21. The van der Waals surface area contributed by atoms with Gasteiger partial charge >= 0.3 is 5.97 Å². The number of nitrogens with zero attached hydrogens (tertiary/aromatic N) is 3. The number of carbonyl (C=O) groups is 22. The van der Waals surface area contributed by atoms with Crippen LogP contribution in [-0.4, -0.2) is 338 Å². The van der Waals surface area contributed by atoms with Crippen molar-refractivity contribution in [2.45, 2.75) is 385 Å². The van der Waals surface area contributed by atoms with E-state index in [1.165, 1.54) is 35.5 Å². The number of fused-ring (bicyclic) bond motifs is 3. The van der Waals surface area contributed by atoms with E-state index in [-0.39, 0.29) is 148 Å². The molecule has 48 heteroatoms. The first-order valence-corrected chi connectivity index (χ1v) is 50.7. The molecule has 804 valence electrons. The largest absolute Gasteiger partial charge is 0.480 e. The number of amides is 21. The van der Waals surface area contributed by atoms with E-state index in [4.69, 9.17) is 5.73 Å². The summed E-state index contributed by atoms with van der Waals surface area (Å²) in [5.41, 5.74) is 6.27. The Morgan fingerprint density at radius 1 is 0.329 bits per heavy atom. The van der Waals surface area contributed by atoms with Crippen LogP contribution in [-0.2, 0) is 105 Å². The van der Waals surface area contributed by atoms with Crippen LogP contribution in [0.25, 0.3) is 0 Å². The minimum Gasteiger partial charge on any atom is -0.480 e. The zero-order valence-corrected chi connectivity index (χ0v) is 85.2. The molecule has 48 nitrogen and oxygen atoms in total. The first-order valence-electron chi connectivity index (χ1n) is 50.7. The van der Waals surface area contributed by atoms with Crippen LogP contribution in [0.1, 0.15) is 258 Å². The van der Waals surface area contributed by atoms with Crippen molar-refractivity contribution in [3.63, 3.8) is 0 Å². The summed E-state index contributed by atoms with van der Waals surface area (Å²) < 4.78 is 0. The van der Waals surface area contributed by atoms with E-state index in [2.05, 4.69) is 95.7 Å². The minimum atomic E-state index is -1.92. The Hall–Kier alpha value is -11.8. The van der Waals surface area contributed by atoms with Gasteiger partial charge in [0.25, 0.3) is 0 Å². The molecule has 0 radical (unpaired) electrons. The molecule has 24 atom stereocenters. The highest BCUT2D eigenvalue weighted by Gasteiger charge is 2.47. The third-order valence-electron chi connectivity index (χ3n) is 27.2. The van der Waals surface area contributed by atoms with E-state index in [1.807, 2.05) is 0 Å². The molecule has 143 heavy (non-hydrogen) atoms. The smallest absolute Gasteiger partial charge is 0.322 e. The van der Waals surface area contributed by atoms with Gasteiger partial charge in [0, 0.05) is 19.6 Å². The van der Waals surface area contributed by atoms with Crippen molar-refractivity contribution >= 4 is 130 Å². The van der Waals surface area contributed by atoms with E-state index < -0.39 is 313 Å². The van der Waals surface area contributed by atoms with Gasteiger partial charge in [-0.05, 0) is 153 Å². The molecule has 6 saturated heterocycles. The molecule has 0 spiro atoms. The van der Waals surface area contributed by atoms with Crippen LogP contribution >= 0.6 is 0 Å². The van der Waals surface area contributed by atoms with Gasteiger partial charge in [-0.1, -0.05) is 141 Å². The van der Waals surface area contributed by atoms with Gasteiger partial charge in [-0.15, -0.1) is 0 Å². The van der Waals surface area contributed by atoms with Crippen molar-refractivity contribution in [1.29, 1.82) is 0 Å². The predicted octanol–water partition coefficient (Wildman–Crippen LogP) is -5.24. The molecule has 24 N–H and O–H groups in total. The average Bonchev–Trinajstić information content (AvgIpc) is 1.70. The zero-order valence-electron chi connectivity index (χ0n) is 85.2. The summed E-state index contributed by atoms with van der Waals surface area (Å²) in [6.45, 7) is 21.0. The maximum Gasteiger partial charge on any atom is 0.322 e. The highest BCUT2D eigenvalue weighted by atomic mass is 16.4. The highest BCUT2D eigenvalue weighted by molar-refractivity contribution is 6.03. The second-order valence-corrected chi connectivity index (χ2v) is 40.1. The summed E-state index contributed by atoms with van der Waals surface area (Å²) in [5.74, 6) is -22.6. The SMILES string of the molecule is CC[C@H](C)[C@@H]1NC(=O)[C@@H]2CCCN2C(=O)[C@H](C)NC(=O)[C@@H](NC(=O)[C@H](CC(C)C)NC(=O)[C@H](CO)NC(=O)[C@@H]2CCCC[C@H](NC(=O)[C@H](CC(C)C)NC(=O)[C@H](CO)NC(=O)[C@@H]3CCCC[C@H](N)C(=O)N[C@@H](C)C(=O)N4CCC[C@H]4C(=O)N[C@@H]([C@@H](C)CC)C(=O)N3)C(=O)N[C@@H](C)C(=O)N3CCC[C@H]3C(=O)N[C@@H]([C@@H](C)CC)C(=O)N2)CCCC[C@@H](C(=O)N[C@@H](CO)C(=O)N[C@@H](CC(C)C)C(=O)NCC(=O)O)NC1=O. The summed E-state index contributed by atoms with van der Waals surface area (Å²) in [4.78, 5) is 318. The van der Waals surface area contributed by atoms with Crippen molar-refractivity contribution < 1.29 is 126 Å². The van der Waals surface area contributed by atoms with Gasteiger partial charge in [0.05, 0.1) is 25.9 Å². The summed E-state index contributed by atoms with van der Waals surface area (Å²) in [7, 11) is 0. The Morgan fingerprint density at radius 3 is 0.874 bits per heavy atom. The maximum atomic E-state index is 15.1. The molecular formula is C95H158N22O26. The average molecular weight is 2020 g/mol. The standard InChI is InChI=1S/C95H158N22O26/c1-16-50(10)72-90(138)103-59(29-20-19-28-56(96)75(123)98-53(13)93(141)115-37-25-34-68(115)87(135)112-72)79(127)110-66(45-119)85(133)107-63(41-48(6)7)82(130)101-58-31-22-24-33-61(105-92(140)74(52(12)18-3)114-89(137)70-36-27-39-117(70)95(143)55(15)100-78(58)126)81(129)111-67(46-120)86(134)108-64(42-49(8)9)83(131)102-57-30-21-23-32-60(80(128)109-65(44-118)84(132)106-62(40-47(4)5)76(124)97-43-71(121)122)104-91(139)73(51(11)17-2)113-88(136)69-35-26-38-116(69)94(142)54(14)99-77(57)125/h47-70,72-74,118-120H,16-46,96H2,1-15H3,(H,97,124)(H,98,123)(H,99,125)(H,100,126)(H,101,130)(H,102,131)(H,103,138)(H,104,139)(H,105,140)(H,106,132)(H,107,133)(H,108,134)(H,109,128)(H,110,127)(H,111,129)(H,112,135)(H,113,136)(H,114,137)(H,121,122)/t50-,51-,52-,53-,54-,55-,56-,57-,58-,59-,60-,61-,62-,63-,64-,65-,66-,67-,68-,69-,70-,72-,73-,74-/m0/s1. The molecule has 0 aromatic heterocycles. The van der Waals surface area contributed by atoms with Gasteiger partial charge in [-0.2, -0.15) is 0 Å². The second kappa shape index (κ2) is 58.2. The lowest BCUT2D eigenvalue weighted by atomic mass is 9.96. The normalized spacial score (nSPS) is 26.9. The van der Waals surface area contributed by atoms with Crippen molar-refractivity contribution in [3.8, 4) is 0 Å². The number of aliphatic hydroxyl groups excluding tert-OH is 3. The van der Waals surface area contributed by atoms with E-state index in [0.717, 1.165) is 0 Å². The number of rotatable bonds is 34. The molecule has 0 bridgehead atoms. The second-order valence-electron chi connectivity index (χ2n) is 40.1. The summed E-state index contributed by atoms with van der Waals surface area (Å²) >= 11 is 0. The molecular weight excluding hydrogens is 1870 g/mol. The molecule has 21 amide bonds. The molecule has 6 rings (SSSR count). The number of aliphatic carboxylic acids is 1. The Bertz CT molecular complexity index is 4470. The fraction of sp³-hybridized carbons (Fsp3) is 0.768. The summed E-state index contributed by atoms with van der Waals surface area (Å²) in [5, 5.41) is 88.6. The van der Waals surface area contributed by atoms with E-state index in [9.17, 15) is 121 Å². The third kappa shape index (κ3) is 35.9. The zero-order chi connectivity index (χ0) is 107. The molecule has 6 fully saturated rings. The van der Waals surface area contributed by atoms with E-state index >= 15 is 4.79 Å². The number of carboxylic acids is 1. The Balaban J connectivity index is 1.27. The minimum absolute atomic E-state index is 0.00180. The quantitative estimate of drug-likeness (QED) is 0.0286. The molecule has 6 heterocycles. The molecule has 0 aliphatic carbocycles. The topological polar surface area (TPSA) is 709 Å². The number of aliphatic hydroxyl groups is 3. The van der Waals surface area contributed by atoms with Crippen LogP contribution in [0.3, 0.4) is 0 Å². The number of carboxylic acid groups (broad SMARTS) is 1. The molecule has 0 aromatic carbocycles. The van der Waals surface area contributed by atoms with E-state index in [0.29, 0.717) is 32.1 Å². The summed E-state index contributed by atoms with van der Waals surface area (Å²) in [6.07, 6.45) is 1.10. The maximum absolute atomic E-state index is 15.1. The van der Waals surface area contributed by atoms with Crippen LogP contribution < -0.4 is 101 Å². The molecule has 6 aliphatic rings. The first-order chi connectivity index (χ1) is 67.5. The van der Waals surface area contributed by atoms with Gasteiger partial charge in [0.15, 0.2) is 0 Å². The lowest BCUT2D eigenvalue weighted by Crippen LogP contribution is -2.61.